The molecule has 0 heterocycles. The van der Waals surface area contributed by atoms with Crippen molar-refractivity contribution in [2.75, 3.05) is 21.3 Å². The van der Waals surface area contributed by atoms with Crippen molar-refractivity contribution in [1.82, 2.24) is 10.2 Å². The normalized spacial score (nSPS) is 14.5. The summed E-state index contributed by atoms with van der Waals surface area (Å²) in [4.78, 5) is 14.3. The van der Waals surface area contributed by atoms with Gasteiger partial charge in [-0.2, -0.15) is 0 Å². The Morgan fingerprint density at radius 1 is 1.08 bits per heavy atom. The van der Waals surface area contributed by atoms with Crippen molar-refractivity contribution < 1.29 is 14.3 Å². The number of hydrogen-bond acceptors (Lipinski definition) is 3. The van der Waals surface area contributed by atoms with Crippen molar-refractivity contribution in [3.05, 3.63) is 59.7 Å². The summed E-state index contributed by atoms with van der Waals surface area (Å²) in [5.74, 6) is 1.37. The lowest BCUT2D eigenvalue weighted by Gasteiger charge is -2.24. The molecule has 2 aromatic carbocycles. The number of rotatable bonds is 6. The van der Waals surface area contributed by atoms with Gasteiger partial charge in [0.2, 0.25) is 0 Å². The SMILES string of the molecule is COc1ccc(C2(NC(=O)N(C)Cc3ccccc3)CC2)cc1OC. The van der Waals surface area contributed by atoms with Gasteiger partial charge >= 0.3 is 6.03 Å². The van der Waals surface area contributed by atoms with E-state index in [1.54, 1.807) is 19.1 Å². The first-order chi connectivity index (χ1) is 12.1. The molecule has 25 heavy (non-hydrogen) atoms. The molecule has 1 saturated carbocycles. The molecule has 5 nitrogen and oxygen atoms in total. The fourth-order valence-electron chi connectivity index (χ4n) is 2.97. The van der Waals surface area contributed by atoms with Gasteiger partial charge in [-0.25, -0.2) is 4.79 Å². The van der Waals surface area contributed by atoms with Gasteiger partial charge in [-0.3, -0.25) is 0 Å². The van der Waals surface area contributed by atoms with Gasteiger partial charge in [-0.05, 0) is 36.1 Å². The fourth-order valence-corrected chi connectivity index (χ4v) is 2.97. The maximum atomic E-state index is 12.6. The molecule has 1 N–H and O–H groups in total. The summed E-state index contributed by atoms with van der Waals surface area (Å²) in [5.41, 5.74) is 1.85. The summed E-state index contributed by atoms with van der Waals surface area (Å²) in [6.07, 6.45) is 1.85. The zero-order valence-electron chi connectivity index (χ0n) is 14.9. The van der Waals surface area contributed by atoms with Crippen molar-refractivity contribution in [1.29, 1.82) is 0 Å². The quantitative estimate of drug-likeness (QED) is 0.875. The molecule has 1 aliphatic carbocycles. The average molecular weight is 340 g/mol. The first-order valence-corrected chi connectivity index (χ1v) is 8.38. The highest BCUT2D eigenvalue weighted by molar-refractivity contribution is 5.75. The molecule has 2 aromatic rings. The lowest BCUT2D eigenvalue weighted by atomic mass is 10.0. The van der Waals surface area contributed by atoms with Gasteiger partial charge in [-0.15, -0.1) is 0 Å². The Kier molecular flexibility index (Phi) is 4.83. The van der Waals surface area contributed by atoms with Gasteiger partial charge in [0.05, 0.1) is 19.8 Å². The molecule has 0 atom stereocenters. The molecule has 132 valence electrons. The zero-order chi connectivity index (χ0) is 17.9. The Balaban J connectivity index is 1.70. The van der Waals surface area contributed by atoms with Crippen LogP contribution in [0.2, 0.25) is 0 Å². The Bertz CT molecular complexity index is 742. The van der Waals surface area contributed by atoms with Crippen molar-refractivity contribution in [2.24, 2.45) is 0 Å². The van der Waals surface area contributed by atoms with Crippen LogP contribution in [0.1, 0.15) is 24.0 Å². The van der Waals surface area contributed by atoms with Gasteiger partial charge in [0, 0.05) is 13.6 Å². The molecular weight excluding hydrogens is 316 g/mol. The van der Waals surface area contributed by atoms with Crippen molar-refractivity contribution >= 4 is 6.03 Å². The van der Waals surface area contributed by atoms with Crippen LogP contribution in [-0.2, 0) is 12.1 Å². The van der Waals surface area contributed by atoms with Crippen molar-refractivity contribution in [3.63, 3.8) is 0 Å². The second kappa shape index (κ2) is 7.05. The molecule has 0 radical (unpaired) electrons. The van der Waals surface area contributed by atoms with E-state index >= 15 is 0 Å². The molecule has 0 spiro atoms. The van der Waals surface area contributed by atoms with E-state index in [0.29, 0.717) is 18.0 Å². The lowest BCUT2D eigenvalue weighted by Crippen LogP contribution is -2.42. The lowest BCUT2D eigenvalue weighted by molar-refractivity contribution is 0.201. The molecule has 0 unspecified atom stereocenters. The fraction of sp³-hybridized carbons (Fsp3) is 0.350. The summed E-state index contributed by atoms with van der Waals surface area (Å²) >= 11 is 0. The van der Waals surface area contributed by atoms with Crippen molar-refractivity contribution in [3.8, 4) is 11.5 Å². The van der Waals surface area contributed by atoms with E-state index in [2.05, 4.69) is 5.32 Å². The van der Waals surface area contributed by atoms with E-state index in [4.69, 9.17) is 9.47 Å². The third-order valence-electron chi connectivity index (χ3n) is 4.64. The van der Waals surface area contributed by atoms with E-state index in [1.807, 2.05) is 55.6 Å². The number of carbonyl (C=O) groups is 1. The molecule has 1 fully saturated rings. The number of methoxy groups -OCH3 is 2. The van der Waals surface area contributed by atoms with Crippen LogP contribution in [0.4, 0.5) is 4.79 Å². The third kappa shape index (κ3) is 3.71. The van der Waals surface area contributed by atoms with Gasteiger partial charge in [-0.1, -0.05) is 36.4 Å². The zero-order valence-corrected chi connectivity index (χ0v) is 14.9. The number of urea groups is 1. The first kappa shape index (κ1) is 17.1. The summed E-state index contributed by atoms with van der Waals surface area (Å²) < 4.78 is 10.7. The summed E-state index contributed by atoms with van der Waals surface area (Å²) in [6.45, 7) is 0.578. The smallest absolute Gasteiger partial charge is 0.318 e. The van der Waals surface area contributed by atoms with Gasteiger partial charge in [0.1, 0.15) is 0 Å². The summed E-state index contributed by atoms with van der Waals surface area (Å²) in [6, 6.07) is 15.7. The first-order valence-electron chi connectivity index (χ1n) is 8.38. The number of ether oxygens (including phenoxy) is 2. The van der Waals surface area contributed by atoms with Crippen LogP contribution >= 0.6 is 0 Å². The highest BCUT2D eigenvalue weighted by atomic mass is 16.5. The van der Waals surface area contributed by atoms with E-state index in [0.717, 1.165) is 24.0 Å². The predicted octanol–water partition coefficient (Wildman–Crippen LogP) is 3.53. The second-order valence-corrected chi connectivity index (χ2v) is 6.42. The van der Waals surface area contributed by atoms with Crippen LogP contribution in [0.5, 0.6) is 11.5 Å². The third-order valence-corrected chi connectivity index (χ3v) is 4.64. The Hall–Kier alpha value is -2.69. The van der Waals surface area contributed by atoms with Gasteiger partial charge < -0.3 is 19.7 Å². The van der Waals surface area contributed by atoms with Crippen LogP contribution in [0.3, 0.4) is 0 Å². The van der Waals surface area contributed by atoms with Crippen LogP contribution < -0.4 is 14.8 Å². The molecule has 3 rings (SSSR count). The number of amides is 2. The average Bonchev–Trinajstić information content (AvgIpc) is 3.42. The van der Waals surface area contributed by atoms with Gasteiger partial charge in [0.25, 0.3) is 0 Å². The molecule has 1 aliphatic rings. The minimum absolute atomic E-state index is 0.0730. The molecule has 0 aliphatic heterocycles. The molecule has 2 amide bonds. The second-order valence-electron chi connectivity index (χ2n) is 6.42. The van der Waals surface area contributed by atoms with Crippen LogP contribution in [-0.4, -0.2) is 32.2 Å². The minimum Gasteiger partial charge on any atom is -0.493 e. The Labute approximate surface area is 148 Å². The molecule has 0 saturated heterocycles. The summed E-state index contributed by atoms with van der Waals surface area (Å²) in [7, 11) is 5.05. The number of nitrogens with zero attached hydrogens (tertiary/aromatic N) is 1. The predicted molar refractivity (Wildman–Crippen MR) is 96.9 cm³/mol. The Morgan fingerprint density at radius 2 is 1.76 bits per heavy atom. The number of carbonyl (C=O) groups excluding carboxylic acids is 1. The summed E-state index contributed by atoms with van der Waals surface area (Å²) in [5, 5.41) is 3.18. The van der Waals surface area contributed by atoms with Crippen LogP contribution in [0, 0.1) is 0 Å². The van der Waals surface area contributed by atoms with E-state index in [-0.39, 0.29) is 11.6 Å². The number of hydrogen-bond donors (Lipinski definition) is 1. The maximum absolute atomic E-state index is 12.6. The minimum atomic E-state index is -0.304. The highest BCUT2D eigenvalue weighted by Gasteiger charge is 2.46. The van der Waals surface area contributed by atoms with E-state index < -0.39 is 0 Å². The molecule has 0 bridgehead atoms. The molecular formula is C20H24N2O3. The molecule has 0 aromatic heterocycles. The van der Waals surface area contributed by atoms with Gasteiger partial charge in [0.15, 0.2) is 11.5 Å². The van der Waals surface area contributed by atoms with E-state index in [9.17, 15) is 4.79 Å². The van der Waals surface area contributed by atoms with Crippen LogP contribution in [0.15, 0.2) is 48.5 Å². The monoisotopic (exact) mass is 340 g/mol. The van der Waals surface area contributed by atoms with Crippen LogP contribution in [0.25, 0.3) is 0 Å². The highest BCUT2D eigenvalue weighted by Crippen LogP contribution is 2.47. The number of nitrogens with one attached hydrogen (secondary N) is 1. The van der Waals surface area contributed by atoms with E-state index in [1.165, 1.54) is 0 Å². The topological polar surface area (TPSA) is 50.8 Å². The largest absolute Gasteiger partial charge is 0.493 e. The maximum Gasteiger partial charge on any atom is 0.318 e. The Morgan fingerprint density at radius 3 is 2.36 bits per heavy atom. The standard InChI is InChI=1S/C20H24N2O3/c1-22(14-15-7-5-4-6-8-15)19(23)21-20(11-12-20)16-9-10-17(24-2)18(13-16)25-3/h4-10,13H,11-12,14H2,1-3H3,(H,21,23). The number of benzene rings is 2. The molecule has 5 heteroatoms. The van der Waals surface area contributed by atoms with Crippen molar-refractivity contribution in [2.45, 2.75) is 24.9 Å².